The molecule has 20 heavy (non-hydrogen) atoms. The zero-order valence-electron chi connectivity index (χ0n) is 13.0. The van der Waals surface area contributed by atoms with Crippen LogP contribution >= 0.6 is 15.9 Å². The second-order valence-electron chi connectivity index (χ2n) is 5.70. The highest BCUT2D eigenvalue weighted by Gasteiger charge is 2.15. The Bertz CT molecular complexity index is 430. The molecule has 0 aliphatic carbocycles. The lowest BCUT2D eigenvalue weighted by Gasteiger charge is -2.28. The fraction of sp³-hybridized carbons (Fsp3) is 0.562. The van der Waals surface area contributed by atoms with Gasteiger partial charge in [-0.25, -0.2) is 4.98 Å². The minimum Gasteiger partial charge on any atom is -0.350 e. The highest BCUT2D eigenvalue weighted by atomic mass is 79.9. The molecule has 0 aliphatic heterocycles. The van der Waals surface area contributed by atoms with Crippen molar-refractivity contribution in [2.45, 2.75) is 40.3 Å². The van der Waals surface area contributed by atoms with Crippen LogP contribution in [0.4, 0.5) is 5.82 Å². The Morgan fingerprint density at radius 2 is 2.10 bits per heavy atom. The number of hydrogen-bond acceptors (Lipinski definition) is 3. The molecule has 0 amide bonds. The quantitative estimate of drug-likeness (QED) is 0.725. The molecule has 0 atom stereocenters. The molecule has 4 heteroatoms. The lowest BCUT2D eigenvalue weighted by molar-refractivity contribution is 0.550. The van der Waals surface area contributed by atoms with Crippen LogP contribution in [0.1, 0.15) is 33.3 Å². The number of aromatic nitrogens is 1. The summed E-state index contributed by atoms with van der Waals surface area (Å²) in [7, 11) is 0. The summed E-state index contributed by atoms with van der Waals surface area (Å²) < 4.78 is 1.02. The number of hydrogen-bond donors (Lipinski definition) is 1. The van der Waals surface area contributed by atoms with Crippen molar-refractivity contribution in [2.75, 3.05) is 18.0 Å². The molecule has 1 aromatic heterocycles. The van der Waals surface area contributed by atoms with Crippen LogP contribution in [-0.4, -0.2) is 24.1 Å². The smallest absolute Gasteiger partial charge is 0.133 e. The molecule has 0 bridgehead atoms. The molecule has 1 aromatic rings. The summed E-state index contributed by atoms with van der Waals surface area (Å²) in [5.74, 6) is 1.69. The molecule has 1 rings (SSSR count). The normalized spacial score (nSPS) is 11.2. The fourth-order valence-corrected chi connectivity index (χ4v) is 2.42. The summed E-state index contributed by atoms with van der Waals surface area (Å²) in [4.78, 5) is 6.88. The van der Waals surface area contributed by atoms with Gasteiger partial charge in [0, 0.05) is 35.4 Å². The van der Waals surface area contributed by atoms with Crippen molar-refractivity contribution < 1.29 is 0 Å². The van der Waals surface area contributed by atoms with Crippen LogP contribution < -0.4 is 10.2 Å². The van der Waals surface area contributed by atoms with E-state index < -0.39 is 0 Å². The van der Waals surface area contributed by atoms with E-state index in [2.05, 4.69) is 71.5 Å². The van der Waals surface area contributed by atoms with Crippen LogP contribution in [0.3, 0.4) is 0 Å². The Balaban J connectivity index is 2.95. The standard InChI is InChI=1S/C16H26BrN3/c1-6-7-20(13(4)5)16-14(8-15(17)11-19-16)10-18-9-12(2)3/h6,8,11-13,18H,1,7,9-10H2,2-5H3. The van der Waals surface area contributed by atoms with E-state index >= 15 is 0 Å². The number of anilines is 1. The Morgan fingerprint density at radius 1 is 1.40 bits per heavy atom. The van der Waals surface area contributed by atoms with Gasteiger partial charge in [0.15, 0.2) is 0 Å². The van der Waals surface area contributed by atoms with E-state index in [9.17, 15) is 0 Å². The topological polar surface area (TPSA) is 28.2 Å². The zero-order chi connectivity index (χ0) is 15.1. The maximum absolute atomic E-state index is 4.61. The minimum atomic E-state index is 0.394. The molecule has 0 aromatic carbocycles. The number of nitrogens with zero attached hydrogens (tertiary/aromatic N) is 2. The van der Waals surface area contributed by atoms with Gasteiger partial charge in [-0.2, -0.15) is 0 Å². The Morgan fingerprint density at radius 3 is 2.65 bits per heavy atom. The van der Waals surface area contributed by atoms with Gasteiger partial charge in [-0.1, -0.05) is 19.9 Å². The van der Waals surface area contributed by atoms with Crippen molar-refractivity contribution in [1.29, 1.82) is 0 Å². The third-order valence-electron chi connectivity index (χ3n) is 3.00. The Hall–Kier alpha value is -0.870. The molecule has 1 N–H and O–H groups in total. The molecule has 0 radical (unpaired) electrons. The van der Waals surface area contributed by atoms with Gasteiger partial charge in [0.1, 0.15) is 5.82 Å². The monoisotopic (exact) mass is 339 g/mol. The molecule has 1 heterocycles. The summed E-state index contributed by atoms with van der Waals surface area (Å²) in [6, 6.07) is 2.54. The molecule has 0 saturated heterocycles. The number of nitrogens with one attached hydrogen (secondary N) is 1. The summed E-state index contributed by atoms with van der Waals surface area (Å²) in [6.07, 6.45) is 3.79. The average molecular weight is 340 g/mol. The van der Waals surface area contributed by atoms with Gasteiger partial charge in [-0.3, -0.25) is 0 Å². The summed E-state index contributed by atoms with van der Waals surface area (Å²) in [5, 5.41) is 3.49. The SMILES string of the molecule is C=CCN(c1ncc(Br)cc1CNCC(C)C)C(C)C. The van der Waals surface area contributed by atoms with Gasteiger partial charge < -0.3 is 10.2 Å². The van der Waals surface area contributed by atoms with Crippen molar-refractivity contribution >= 4 is 21.7 Å². The first kappa shape index (κ1) is 17.2. The van der Waals surface area contributed by atoms with Crippen molar-refractivity contribution in [3.63, 3.8) is 0 Å². The lowest BCUT2D eigenvalue weighted by Crippen LogP contribution is -2.33. The fourth-order valence-electron chi connectivity index (χ4n) is 2.04. The van der Waals surface area contributed by atoms with Gasteiger partial charge in [-0.15, -0.1) is 6.58 Å². The predicted molar refractivity (Wildman–Crippen MR) is 91.2 cm³/mol. The third-order valence-corrected chi connectivity index (χ3v) is 3.43. The highest BCUT2D eigenvalue weighted by molar-refractivity contribution is 9.10. The van der Waals surface area contributed by atoms with E-state index in [1.807, 2.05) is 12.3 Å². The minimum absolute atomic E-state index is 0.394. The summed E-state index contributed by atoms with van der Waals surface area (Å²) >= 11 is 3.51. The van der Waals surface area contributed by atoms with Gasteiger partial charge >= 0.3 is 0 Å². The van der Waals surface area contributed by atoms with Gasteiger partial charge in [0.05, 0.1) is 0 Å². The first-order valence-electron chi connectivity index (χ1n) is 7.18. The maximum atomic E-state index is 4.61. The first-order valence-corrected chi connectivity index (χ1v) is 7.97. The van der Waals surface area contributed by atoms with E-state index in [4.69, 9.17) is 0 Å². The third kappa shape index (κ3) is 5.25. The first-order chi connectivity index (χ1) is 9.45. The van der Waals surface area contributed by atoms with Crippen molar-refractivity contribution in [3.05, 3.63) is 35.0 Å². The molecule has 112 valence electrons. The van der Waals surface area contributed by atoms with Gasteiger partial charge in [0.2, 0.25) is 0 Å². The van der Waals surface area contributed by atoms with E-state index in [1.54, 1.807) is 0 Å². The van der Waals surface area contributed by atoms with Crippen LogP contribution in [0.2, 0.25) is 0 Å². The van der Waals surface area contributed by atoms with Crippen LogP contribution in [0.5, 0.6) is 0 Å². The molecule has 0 spiro atoms. The van der Waals surface area contributed by atoms with E-state index in [0.29, 0.717) is 12.0 Å². The van der Waals surface area contributed by atoms with Crippen LogP contribution in [0.15, 0.2) is 29.4 Å². The summed E-state index contributed by atoms with van der Waals surface area (Å²) in [6.45, 7) is 15.3. The largest absolute Gasteiger partial charge is 0.350 e. The molecule has 0 aliphatic rings. The van der Waals surface area contributed by atoms with E-state index in [1.165, 1.54) is 5.56 Å². The number of rotatable bonds is 8. The maximum Gasteiger partial charge on any atom is 0.133 e. The predicted octanol–water partition coefficient (Wildman–Crippen LogP) is 3.99. The average Bonchev–Trinajstić information content (AvgIpc) is 2.36. The number of pyridine rings is 1. The molecule has 0 fully saturated rings. The molecular weight excluding hydrogens is 314 g/mol. The van der Waals surface area contributed by atoms with Crippen LogP contribution in [0, 0.1) is 5.92 Å². The van der Waals surface area contributed by atoms with Crippen molar-refractivity contribution in [1.82, 2.24) is 10.3 Å². The summed E-state index contributed by atoms with van der Waals surface area (Å²) in [5.41, 5.74) is 1.22. The molecular formula is C16H26BrN3. The van der Waals surface area contributed by atoms with Gasteiger partial charge in [-0.05, 0) is 48.3 Å². The van der Waals surface area contributed by atoms with Crippen LogP contribution in [0.25, 0.3) is 0 Å². The lowest BCUT2D eigenvalue weighted by atomic mass is 10.2. The van der Waals surface area contributed by atoms with Crippen molar-refractivity contribution in [3.8, 4) is 0 Å². The molecule has 0 saturated carbocycles. The molecule has 0 unspecified atom stereocenters. The second-order valence-corrected chi connectivity index (χ2v) is 6.61. The molecule has 3 nitrogen and oxygen atoms in total. The van der Waals surface area contributed by atoms with E-state index in [0.717, 1.165) is 29.9 Å². The van der Waals surface area contributed by atoms with Crippen LogP contribution in [-0.2, 0) is 6.54 Å². The highest BCUT2D eigenvalue weighted by Crippen LogP contribution is 2.23. The van der Waals surface area contributed by atoms with Crippen molar-refractivity contribution in [2.24, 2.45) is 5.92 Å². The van der Waals surface area contributed by atoms with Gasteiger partial charge in [0.25, 0.3) is 0 Å². The Labute approximate surface area is 131 Å². The second kappa shape index (κ2) is 8.42. The zero-order valence-corrected chi connectivity index (χ0v) is 14.6. The van der Waals surface area contributed by atoms with E-state index in [-0.39, 0.29) is 0 Å². The number of halogens is 1. The Kier molecular flexibility index (Phi) is 7.24.